The van der Waals surface area contributed by atoms with Crippen LogP contribution in [-0.2, 0) is 22.2 Å². The van der Waals surface area contributed by atoms with Gasteiger partial charge in [-0.25, -0.2) is 22.9 Å². The Balaban J connectivity index is 1.86. The number of primary sulfonamides is 1. The Morgan fingerprint density at radius 1 is 1.24 bits per heavy atom. The molecule has 3 rings (SSSR count). The minimum Gasteiger partial charge on any atom is -0.406 e. The summed E-state index contributed by atoms with van der Waals surface area (Å²) in [5.41, 5.74) is -2.05. The van der Waals surface area contributed by atoms with Crippen molar-refractivity contribution in [3.8, 4) is 17.3 Å². The number of alkyl halides is 3. The van der Waals surface area contributed by atoms with Gasteiger partial charge < -0.3 is 9.84 Å². The van der Waals surface area contributed by atoms with Gasteiger partial charge in [0, 0.05) is 5.56 Å². The van der Waals surface area contributed by atoms with E-state index in [0.717, 1.165) is 23.0 Å². The number of sulfonamides is 1. The van der Waals surface area contributed by atoms with Crippen LogP contribution >= 0.6 is 0 Å². The van der Waals surface area contributed by atoms with Gasteiger partial charge in [0.25, 0.3) is 0 Å². The number of pyridine rings is 1. The van der Waals surface area contributed by atoms with Gasteiger partial charge in [-0.1, -0.05) is 6.07 Å². The predicted molar refractivity (Wildman–Crippen MR) is 105 cm³/mol. The Hall–Kier alpha value is -3.17. The molecule has 15 heteroatoms. The zero-order valence-corrected chi connectivity index (χ0v) is 18.0. The molecule has 0 spiro atoms. The van der Waals surface area contributed by atoms with E-state index in [2.05, 4.69) is 25.1 Å². The number of benzene rings is 1. The molecule has 0 bridgehead atoms. The van der Waals surface area contributed by atoms with Crippen LogP contribution in [0.2, 0.25) is 0 Å². The summed E-state index contributed by atoms with van der Waals surface area (Å²) in [6.07, 6.45) is -4.94. The van der Waals surface area contributed by atoms with Crippen molar-refractivity contribution in [3.05, 3.63) is 53.5 Å². The SMILES string of the molecule is CC(C(C)(O)c1cccc(-c2nnn(Cc3cc(OC(F)(F)F)ccc3F)n2)n1)S(N)(=O)=O. The van der Waals surface area contributed by atoms with Crippen LogP contribution in [0.3, 0.4) is 0 Å². The van der Waals surface area contributed by atoms with Gasteiger partial charge in [-0.05, 0) is 49.4 Å². The van der Waals surface area contributed by atoms with Gasteiger partial charge in [-0.15, -0.1) is 23.4 Å². The van der Waals surface area contributed by atoms with Gasteiger partial charge in [0.15, 0.2) is 0 Å². The van der Waals surface area contributed by atoms with Gasteiger partial charge in [-0.2, -0.15) is 4.80 Å². The van der Waals surface area contributed by atoms with E-state index >= 15 is 0 Å². The standard InChI is InChI=1S/C18H18F4N6O4S/c1-10(33(23,30)31)17(2,29)15-5-3-4-14(24-15)16-25-27-28(26-16)9-11-8-12(6-7-13(11)19)32-18(20,21)22/h3-8,10,29H,9H2,1-2H3,(H2,23,30,31). The van der Waals surface area contributed by atoms with E-state index in [9.17, 15) is 31.1 Å². The van der Waals surface area contributed by atoms with Crippen molar-refractivity contribution >= 4 is 10.0 Å². The topological polar surface area (TPSA) is 146 Å². The number of ether oxygens (including phenoxy) is 1. The minimum absolute atomic E-state index is 0.0269. The van der Waals surface area contributed by atoms with E-state index in [1.165, 1.54) is 32.0 Å². The van der Waals surface area contributed by atoms with Crippen LogP contribution in [0.5, 0.6) is 5.75 Å². The van der Waals surface area contributed by atoms with Gasteiger partial charge in [0.05, 0.1) is 12.2 Å². The molecule has 0 saturated heterocycles. The molecule has 2 heterocycles. The lowest BCUT2D eigenvalue weighted by Gasteiger charge is -2.28. The Labute approximate surface area is 185 Å². The molecule has 0 saturated carbocycles. The van der Waals surface area contributed by atoms with Crippen molar-refractivity contribution < 1.29 is 35.8 Å². The second kappa shape index (κ2) is 8.64. The molecule has 0 amide bonds. The first kappa shape index (κ1) is 24.5. The van der Waals surface area contributed by atoms with Crippen molar-refractivity contribution in [3.63, 3.8) is 0 Å². The number of aromatic nitrogens is 5. The molecule has 33 heavy (non-hydrogen) atoms. The molecule has 0 aliphatic heterocycles. The molecule has 0 aliphatic carbocycles. The lowest BCUT2D eigenvalue weighted by molar-refractivity contribution is -0.274. The number of aliphatic hydroxyl groups is 1. The summed E-state index contributed by atoms with van der Waals surface area (Å²) in [4.78, 5) is 5.10. The molecular weight excluding hydrogens is 472 g/mol. The monoisotopic (exact) mass is 490 g/mol. The average molecular weight is 490 g/mol. The second-order valence-electron chi connectivity index (χ2n) is 7.23. The van der Waals surface area contributed by atoms with E-state index in [0.29, 0.717) is 0 Å². The highest BCUT2D eigenvalue weighted by Gasteiger charge is 2.39. The fourth-order valence-electron chi connectivity index (χ4n) is 2.80. The maximum absolute atomic E-state index is 14.0. The van der Waals surface area contributed by atoms with Gasteiger partial charge >= 0.3 is 6.36 Å². The highest BCUT2D eigenvalue weighted by Crippen LogP contribution is 2.28. The fraction of sp³-hybridized carbons (Fsp3) is 0.333. The summed E-state index contributed by atoms with van der Waals surface area (Å²) in [6, 6.07) is 6.82. The lowest BCUT2D eigenvalue weighted by atomic mass is 9.97. The molecule has 3 N–H and O–H groups in total. The van der Waals surface area contributed by atoms with Crippen LogP contribution < -0.4 is 9.88 Å². The Bertz CT molecular complexity index is 1260. The first-order chi connectivity index (χ1) is 15.2. The quantitative estimate of drug-likeness (QED) is 0.476. The van der Waals surface area contributed by atoms with Crippen LogP contribution in [0.4, 0.5) is 17.6 Å². The van der Waals surface area contributed by atoms with E-state index in [-0.39, 0.29) is 29.3 Å². The van der Waals surface area contributed by atoms with E-state index in [1.807, 2.05) is 0 Å². The summed E-state index contributed by atoms with van der Waals surface area (Å²) in [5, 5.41) is 25.9. The fourth-order valence-corrected chi connectivity index (χ4v) is 3.56. The molecule has 1 aromatic carbocycles. The van der Waals surface area contributed by atoms with Crippen LogP contribution in [0.15, 0.2) is 36.4 Å². The summed E-state index contributed by atoms with van der Waals surface area (Å²) in [5.74, 6) is -1.48. The molecule has 0 aliphatic rings. The third kappa shape index (κ3) is 5.80. The van der Waals surface area contributed by atoms with E-state index in [4.69, 9.17) is 5.14 Å². The van der Waals surface area contributed by atoms with Crippen LogP contribution in [0.1, 0.15) is 25.1 Å². The zero-order valence-electron chi connectivity index (χ0n) is 17.2. The van der Waals surface area contributed by atoms with Crippen molar-refractivity contribution in [2.45, 2.75) is 37.6 Å². The number of halogens is 4. The summed E-state index contributed by atoms with van der Waals surface area (Å²) in [7, 11) is -4.09. The molecule has 10 nitrogen and oxygen atoms in total. The molecular formula is C18H18F4N6O4S. The first-order valence-electron chi connectivity index (χ1n) is 9.20. The molecule has 0 fully saturated rings. The second-order valence-corrected chi connectivity index (χ2v) is 9.12. The number of nitrogens with zero attached hydrogens (tertiary/aromatic N) is 5. The molecule has 2 unspecified atom stereocenters. The largest absolute Gasteiger partial charge is 0.573 e. The van der Waals surface area contributed by atoms with Crippen molar-refractivity contribution in [2.24, 2.45) is 5.14 Å². The number of nitrogens with two attached hydrogens (primary N) is 1. The van der Waals surface area contributed by atoms with Crippen molar-refractivity contribution in [1.29, 1.82) is 0 Å². The van der Waals surface area contributed by atoms with Gasteiger partial charge in [0.1, 0.15) is 28.1 Å². The highest BCUT2D eigenvalue weighted by molar-refractivity contribution is 7.89. The van der Waals surface area contributed by atoms with Crippen LogP contribution in [0.25, 0.3) is 11.5 Å². The van der Waals surface area contributed by atoms with Crippen LogP contribution in [-0.4, -0.2) is 50.3 Å². The van der Waals surface area contributed by atoms with E-state index < -0.39 is 38.8 Å². The highest BCUT2D eigenvalue weighted by atomic mass is 32.2. The van der Waals surface area contributed by atoms with Crippen molar-refractivity contribution in [2.75, 3.05) is 0 Å². The number of hydrogen-bond acceptors (Lipinski definition) is 8. The van der Waals surface area contributed by atoms with Crippen LogP contribution in [0, 0.1) is 5.82 Å². The number of hydrogen-bond donors (Lipinski definition) is 2. The molecule has 2 aromatic heterocycles. The van der Waals surface area contributed by atoms with Crippen molar-refractivity contribution in [1.82, 2.24) is 25.2 Å². The third-order valence-corrected chi connectivity index (χ3v) is 6.24. The molecule has 178 valence electrons. The van der Waals surface area contributed by atoms with Gasteiger partial charge in [-0.3, -0.25) is 0 Å². The van der Waals surface area contributed by atoms with Gasteiger partial charge in [0.2, 0.25) is 15.8 Å². The Kier molecular flexibility index (Phi) is 6.41. The first-order valence-corrected chi connectivity index (χ1v) is 10.8. The predicted octanol–water partition coefficient (Wildman–Crippen LogP) is 1.71. The Morgan fingerprint density at radius 2 is 1.94 bits per heavy atom. The molecule has 2 atom stereocenters. The average Bonchev–Trinajstić information content (AvgIpc) is 3.17. The third-order valence-electron chi connectivity index (χ3n) is 4.80. The Morgan fingerprint density at radius 3 is 2.58 bits per heavy atom. The molecule has 3 aromatic rings. The smallest absolute Gasteiger partial charge is 0.406 e. The molecule has 0 radical (unpaired) electrons. The normalized spacial score (nSPS) is 15.2. The summed E-state index contributed by atoms with van der Waals surface area (Å²) >= 11 is 0. The summed E-state index contributed by atoms with van der Waals surface area (Å²) < 4.78 is 78.4. The number of tetrazole rings is 1. The zero-order chi connectivity index (χ0) is 24.6. The number of rotatable bonds is 7. The maximum atomic E-state index is 14.0. The summed E-state index contributed by atoms with van der Waals surface area (Å²) in [6.45, 7) is 2.09. The minimum atomic E-state index is -4.94. The maximum Gasteiger partial charge on any atom is 0.573 e. The lowest BCUT2D eigenvalue weighted by Crippen LogP contribution is -2.43. The van der Waals surface area contributed by atoms with E-state index in [1.54, 1.807) is 0 Å².